The van der Waals surface area contributed by atoms with E-state index >= 15 is 0 Å². The molecule has 112 valence electrons. The lowest BCUT2D eigenvalue weighted by atomic mass is 9.98. The summed E-state index contributed by atoms with van der Waals surface area (Å²) in [5, 5.41) is 3.18. The molecular weight excluding hydrogens is 276 g/mol. The standard InChI is InChI=1S/C14H22N4O.ClH/c1-2-13-16-5-7-18(13)12-4-3-6-17(10-12)14(19)11-8-15-9-11;/h5,7,11-12,15H,2-4,6,8-10H2,1H3;1H. The molecule has 0 bridgehead atoms. The average molecular weight is 299 g/mol. The lowest BCUT2D eigenvalue weighted by Gasteiger charge is -2.38. The maximum Gasteiger partial charge on any atom is 0.228 e. The molecule has 5 nitrogen and oxygen atoms in total. The number of carbonyl (C=O) groups excluding carboxylic acids is 1. The number of amides is 1. The van der Waals surface area contributed by atoms with Gasteiger partial charge in [0.05, 0.1) is 12.0 Å². The maximum atomic E-state index is 12.3. The minimum absolute atomic E-state index is 0. The first-order chi connectivity index (χ1) is 9.29. The van der Waals surface area contributed by atoms with Crippen molar-refractivity contribution < 1.29 is 4.79 Å². The number of aromatic nitrogens is 2. The van der Waals surface area contributed by atoms with Crippen LogP contribution < -0.4 is 5.32 Å². The van der Waals surface area contributed by atoms with E-state index < -0.39 is 0 Å². The monoisotopic (exact) mass is 298 g/mol. The Morgan fingerprint density at radius 3 is 2.95 bits per heavy atom. The van der Waals surface area contributed by atoms with Crippen LogP contribution in [-0.2, 0) is 11.2 Å². The zero-order chi connectivity index (χ0) is 13.2. The predicted molar refractivity (Wildman–Crippen MR) is 80.1 cm³/mol. The van der Waals surface area contributed by atoms with Crippen molar-refractivity contribution in [3.05, 3.63) is 18.2 Å². The topological polar surface area (TPSA) is 50.2 Å². The molecule has 6 heteroatoms. The van der Waals surface area contributed by atoms with Crippen LogP contribution >= 0.6 is 12.4 Å². The van der Waals surface area contributed by atoms with Crippen LogP contribution in [-0.4, -0.2) is 46.5 Å². The smallest absolute Gasteiger partial charge is 0.228 e. The van der Waals surface area contributed by atoms with Gasteiger partial charge in [-0.1, -0.05) is 6.92 Å². The molecule has 0 radical (unpaired) electrons. The van der Waals surface area contributed by atoms with E-state index in [1.165, 1.54) is 0 Å². The van der Waals surface area contributed by atoms with Gasteiger partial charge in [-0.2, -0.15) is 0 Å². The van der Waals surface area contributed by atoms with Gasteiger partial charge in [0, 0.05) is 45.0 Å². The Morgan fingerprint density at radius 1 is 1.50 bits per heavy atom. The molecule has 1 N–H and O–H groups in total. The van der Waals surface area contributed by atoms with E-state index in [9.17, 15) is 4.79 Å². The van der Waals surface area contributed by atoms with Crippen LogP contribution in [0.2, 0.25) is 0 Å². The van der Waals surface area contributed by atoms with E-state index in [1.54, 1.807) is 0 Å². The lowest BCUT2D eigenvalue weighted by molar-refractivity contribution is -0.138. The Balaban J connectivity index is 0.00000147. The molecule has 3 heterocycles. The van der Waals surface area contributed by atoms with E-state index in [4.69, 9.17) is 0 Å². The number of aryl methyl sites for hydroxylation is 1. The third-order valence-corrected chi connectivity index (χ3v) is 4.30. The molecule has 1 unspecified atom stereocenters. The fourth-order valence-corrected chi connectivity index (χ4v) is 3.05. The number of likely N-dealkylation sites (tertiary alicyclic amines) is 1. The molecule has 0 aliphatic carbocycles. The molecule has 0 spiro atoms. The predicted octanol–water partition coefficient (Wildman–Crippen LogP) is 1.25. The van der Waals surface area contributed by atoms with E-state index in [-0.39, 0.29) is 18.3 Å². The summed E-state index contributed by atoms with van der Waals surface area (Å²) in [6.45, 7) is 5.60. The van der Waals surface area contributed by atoms with Crippen LogP contribution in [0.1, 0.15) is 31.6 Å². The van der Waals surface area contributed by atoms with E-state index in [0.717, 1.165) is 51.3 Å². The van der Waals surface area contributed by atoms with Crippen molar-refractivity contribution in [3.8, 4) is 0 Å². The molecule has 0 saturated carbocycles. The first-order valence-corrected chi connectivity index (χ1v) is 7.30. The van der Waals surface area contributed by atoms with Crippen molar-refractivity contribution in [2.75, 3.05) is 26.2 Å². The molecule has 2 aliphatic rings. The van der Waals surface area contributed by atoms with Crippen molar-refractivity contribution in [3.63, 3.8) is 0 Å². The largest absolute Gasteiger partial charge is 0.340 e. The number of nitrogens with one attached hydrogen (secondary N) is 1. The Bertz CT molecular complexity index is 458. The highest BCUT2D eigenvalue weighted by Gasteiger charge is 2.32. The van der Waals surface area contributed by atoms with Crippen molar-refractivity contribution >= 4 is 18.3 Å². The Labute approximate surface area is 126 Å². The van der Waals surface area contributed by atoms with Gasteiger partial charge in [-0.3, -0.25) is 4.79 Å². The summed E-state index contributed by atoms with van der Waals surface area (Å²) >= 11 is 0. The summed E-state index contributed by atoms with van der Waals surface area (Å²) in [6, 6.07) is 0.406. The number of rotatable bonds is 3. The summed E-state index contributed by atoms with van der Waals surface area (Å²) in [7, 11) is 0. The Hall–Kier alpha value is -1.07. The first kappa shape index (κ1) is 15.3. The van der Waals surface area contributed by atoms with Crippen LogP contribution in [0.15, 0.2) is 12.4 Å². The number of imidazole rings is 1. The van der Waals surface area contributed by atoms with Gasteiger partial charge in [0.2, 0.25) is 5.91 Å². The molecule has 2 saturated heterocycles. The van der Waals surface area contributed by atoms with Crippen molar-refractivity contribution in [1.82, 2.24) is 19.8 Å². The Morgan fingerprint density at radius 2 is 2.30 bits per heavy atom. The first-order valence-electron chi connectivity index (χ1n) is 7.30. The summed E-state index contributed by atoms with van der Waals surface area (Å²) < 4.78 is 2.26. The molecule has 3 rings (SSSR count). The number of hydrogen-bond donors (Lipinski definition) is 1. The number of carbonyl (C=O) groups is 1. The molecule has 0 aromatic carbocycles. The summed E-state index contributed by atoms with van der Waals surface area (Å²) in [5.74, 6) is 1.68. The SMILES string of the molecule is CCc1nccn1C1CCCN(C(=O)C2CNC2)C1.Cl. The fraction of sp³-hybridized carbons (Fsp3) is 0.714. The summed E-state index contributed by atoms with van der Waals surface area (Å²) in [6.07, 6.45) is 7.12. The molecule has 2 aliphatic heterocycles. The zero-order valence-corrected chi connectivity index (χ0v) is 12.7. The number of hydrogen-bond acceptors (Lipinski definition) is 3. The summed E-state index contributed by atoms with van der Waals surface area (Å²) in [5.41, 5.74) is 0. The molecule has 2 fully saturated rings. The van der Waals surface area contributed by atoms with Gasteiger partial charge in [-0.05, 0) is 12.8 Å². The second kappa shape index (κ2) is 6.59. The highest BCUT2D eigenvalue weighted by Crippen LogP contribution is 2.24. The van der Waals surface area contributed by atoms with E-state index in [2.05, 4.69) is 32.9 Å². The van der Waals surface area contributed by atoms with Crippen molar-refractivity contribution in [2.45, 2.75) is 32.2 Å². The van der Waals surface area contributed by atoms with Crippen molar-refractivity contribution in [2.24, 2.45) is 5.92 Å². The van der Waals surface area contributed by atoms with Gasteiger partial charge in [0.25, 0.3) is 0 Å². The van der Waals surface area contributed by atoms with Gasteiger partial charge in [-0.15, -0.1) is 12.4 Å². The van der Waals surface area contributed by atoms with Crippen molar-refractivity contribution in [1.29, 1.82) is 0 Å². The third-order valence-electron chi connectivity index (χ3n) is 4.30. The molecule has 1 aromatic heterocycles. The molecular formula is C14H23ClN4O. The molecule has 1 atom stereocenters. The normalized spacial score (nSPS) is 23.1. The van der Waals surface area contributed by atoms with Crippen LogP contribution in [0.3, 0.4) is 0 Å². The van der Waals surface area contributed by atoms with E-state index in [0.29, 0.717) is 11.9 Å². The third kappa shape index (κ3) is 2.83. The fourth-order valence-electron chi connectivity index (χ4n) is 3.05. The van der Waals surface area contributed by atoms with E-state index in [1.807, 2.05) is 6.20 Å². The minimum atomic E-state index is 0. The number of nitrogens with zero attached hydrogens (tertiary/aromatic N) is 3. The Kier molecular flexibility index (Phi) is 5.05. The van der Waals surface area contributed by atoms with Gasteiger partial charge < -0.3 is 14.8 Å². The second-order valence-electron chi connectivity index (χ2n) is 5.54. The van der Waals surface area contributed by atoms with Crippen LogP contribution in [0, 0.1) is 5.92 Å². The minimum Gasteiger partial charge on any atom is -0.340 e. The zero-order valence-electron chi connectivity index (χ0n) is 11.9. The lowest BCUT2D eigenvalue weighted by Crippen LogP contribution is -2.54. The quantitative estimate of drug-likeness (QED) is 0.914. The van der Waals surface area contributed by atoms with Gasteiger partial charge in [0.1, 0.15) is 5.82 Å². The maximum absolute atomic E-state index is 12.3. The second-order valence-corrected chi connectivity index (χ2v) is 5.54. The molecule has 20 heavy (non-hydrogen) atoms. The highest BCUT2D eigenvalue weighted by molar-refractivity contribution is 5.85. The van der Waals surface area contributed by atoms with Gasteiger partial charge in [-0.25, -0.2) is 4.98 Å². The van der Waals surface area contributed by atoms with Crippen LogP contribution in [0.25, 0.3) is 0 Å². The average Bonchev–Trinajstić information content (AvgIpc) is 2.85. The number of halogens is 1. The molecule has 1 aromatic rings. The highest BCUT2D eigenvalue weighted by atomic mass is 35.5. The molecule has 1 amide bonds. The van der Waals surface area contributed by atoms with Gasteiger partial charge >= 0.3 is 0 Å². The van der Waals surface area contributed by atoms with Gasteiger partial charge in [0.15, 0.2) is 0 Å². The van der Waals surface area contributed by atoms with Crippen LogP contribution in [0.4, 0.5) is 0 Å². The number of piperidine rings is 1. The van der Waals surface area contributed by atoms with Crippen LogP contribution in [0.5, 0.6) is 0 Å². The summed E-state index contributed by atoms with van der Waals surface area (Å²) in [4.78, 5) is 18.8.